The second-order valence-corrected chi connectivity index (χ2v) is 8.97. The molecule has 1 aliphatic heterocycles. The van der Waals surface area contributed by atoms with Crippen LogP contribution in [0.1, 0.15) is 32.4 Å². The fourth-order valence-electron chi connectivity index (χ4n) is 3.73. The lowest BCUT2D eigenvalue weighted by Gasteiger charge is -2.30. The van der Waals surface area contributed by atoms with Crippen LogP contribution in [0.4, 0.5) is 0 Å². The van der Waals surface area contributed by atoms with E-state index in [1.165, 1.54) is 0 Å². The van der Waals surface area contributed by atoms with E-state index in [1.807, 2.05) is 85.8 Å². The number of amides is 2. The first-order valence-corrected chi connectivity index (χ1v) is 11.5. The van der Waals surface area contributed by atoms with E-state index in [-0.39, 0.29) is 17.2 Å². The van der Waals surface area contributed by atoms with Crippen LogP contribution in [0.25, 0.3) is 0 Å². The number of halogens is 1. The first kappa shape index (κ1) is 21.5. The maximum Gasteiger partial charge on any atom is 0.256 e. The fourth-order valence-corrected chi connectivity index (χ4v) is 5.49. The highest BCUT2D eigenvalue weighted by Crippen LogP contribution is 2.44. The molecule has 3 aromatic rings. The van der Waals surface area contributed by atoms with Crippen molar-refractivity contribution >= 4 is 35.2 Å². The van der Waals surface area contributed by atoms with Gasteiger partial charge < -0.3 is 10.2 Å². The molecule has 0 saturated carbocycles. The van der Waals surface area contributed by atoms with Gasteiger partial charge in [-0.05, 0) is 30.2 Å². The monoisotopic (exact) mass is 450 g/mol. The molecule has 1 N–H and O–H groups in total. The Morgan fingerprint density at radius 3 is 2.42 bits per heavy atom. The highest BCUT2D eigenvalue weighted by molar-refractivity contribution is 7.99. The minimum atomic E-state index is -0.581. The van der Waals surface area contributed by atoms with Crippen molar-refractivity contribution in [1.82, 2.24) is 10.2 Å². The molecule has 3 aromatic carbocycles. The van der Waals surface area contributed by atoms with Crippen molar-refractivity contribution < 1.29 is 9.59 Å². The normalized spacial score (nSPS) is 18.1. The average molecular weight is 451 g/mol. The zero-order valence-corrected chi connectivity index (χ0v) is 18.7. The van der Waals surface area contributed by atoms with Crippen LogP contribution in [0.2, 0.25) is 5.02 Å². The zero-order chi connectivity index (χ0) is 21.8. The molecule has 1 saturated heterocycles. The van der Waals surface area contributed by atoms with Gasteiger partial charge in [0.25, 0.3) is 5.91 Å². The maximum absolute atomic E-state index is 13.6. The molecule has 4 nitrogen and oxygen atoms in total. The van der Waals surface area contributed by atoms with Gasteiger partial charge in [-0.3, -0.25) is 9.59 Å². The maximum atomic E-state index is 13.6. The van der Waals surface area contributed by atoms with Crippen LogP contribution in [0.3, 0.4) is 0 Å². The number of carbonyl (C=O) groups excluding carboxylic acids is 2. The fraction of sp³-hybridized carbons (Fsp3) is 0.200. The number of thioether (sulfide) groups is 1. The molecule has 1 heterocycles. The summed E-state index contributed by atoms with van der Waals surface area (Å²) in [5.74, 6) is 0.189. The second-order valence-electron chi connectivity index (χ2n) is 7.45. The highest BCUT2D eigenvalue weighted by atomic mass is 35.5. The molecule has 2 unspecified atom stereocenters. The second kappa shape index (κ2) is 9.58. The van der Waals surface area contributed by atoms with Crippen LogP contribution >= 0.6 is 23.4 Å². The summed E-state index contributed by atoms with van der Waals surface area (Å²) < 4.78 is 0. The van der Waals surface area contributed by atoms with Gasteiger partial charge in [-0.25, -0.2) is 0 Å². The molecular formula is C25H23ClN2O2S. The SMILES string of the molecule is Cc1ccccc1C(=O)N1C(C(=O)NCc2ccccc2)CSC1c1ccccc1Cl. The van der Waals surface area contributed by atoms with E-state index in [1.54, 1.807) is 16.7 Å². The molecule has 0 aliphatic carbocycles. The van der Waals surface area contributed by atoms with E-state index in [0.29, 0.717) is 22.9 Å². The summed E-state index contributed by atoms with van der Waals surface area (Å²) in [4.78, 5) is 28.5. The number of rotatable bonds is 5. The van der Waals surface area contributed by atoms with E-state index in [0.717, 1.165) is 16.7 Å². The number of carbonyl (C=O) groups is 2. The van der Waals surface area contributed by atoms with E-state index in [4.69, 9.17) is 11.6 Å². The first-order chi connectivity index (χ1) is 15.1. The van der Waals surface area contributed by atoms with Gasteiger partial charge in [0.1, 0.15) is 11.4 Å². The third kappa shape index (κ3) is 4.63. The van der Waals surface area contributed by atoms with E-state index < -0.39 is 6.04 Å². The van der Waals surface area contributed by atoms with Crippen molar-refractivity contribution in [1.29, 1.82) is 0 Å². The minimum absolute atomic E-state index is 0.159. The summed E-state index contributed by atoms with van der Waals surface area (Å²) in [6.07, 6.45) is 0. The van der Waals surface area contributed by atoms with Gasteiger partial charge in [0.05, 0.1) is 0 Å². The predicted molar refractivity (Wildman–Crippen MR) is 126 cm³/mol. The predicted octanol–water partition coefficient (Wildman–Crippen LogP) is 5.22. The smallest absolute Gasteiger partial charge is 0.256 e. The van der Waals surface area contributed by atoms with Gasteiger partial charge in [0.2, 0.25) is 5.91 Å². The van der Waals surface area contributed by atoms with E-state index >= 15 is 0 Å². The largest absolute Gasteiger partial charge is 0.350 e. The van der Waals surface area contributed by atoms with Crippen LogP contribution < -0.4 is 5.32 Å². The molecular weight excluding hydrogens is 428 g/mol. The lowest BCUT2D eigenvalue weighted by Crippen LogP contribution is -2.48. The minimum Gasteiger partial charge on any atom is -0.350 e. The molecule has 2 atom stereocenters. The topological polar surface area (TPSA) is 49.4 Å². The summed E-state index contributed by atoms with van der Waals surface area (Å²) in [7, 11) is 0. The Kier molecular flexibility index (Phi) is 6.64. The number of hydrogen-bond acceptors (Lipinski definition) is 3. The van der Waals surface area contributed by atoms with Crippen molar-refractivity contribution in [3.05, 3.63) is 106 Å². The highest BCUT2D eigenvalue weighted by Gasteiger charge is 2.43. The van der Waals surface area contributed by atoms with Crippen molar-refractivity contribution in [2.45, 2.75) is 24.9 Å². The molecule has 2 amide bonds. The van der Waals surface area contributed by atoms with Crippen molar-refractivity contribution in [3.8, 4) is 0 Å². The number of nitrogens with zero attached hydrogens (tertiary/aromatic N) is 1. The summed E-state index contributed by atoms with van der Waals surface area (Å²) in [5, 5.41) is 3.26. The lowest BCUT2D eigenvalue weighted by molar-refractivity contribution is -0.125. The molecule has 0 aromatic heterocycles. The Balaban J connectivity index is 1.64. The van der Waals surface area contributed by atoms with Gasteiger partial charge >= 0.3 is 0 Å². The zero-order valence-electron chi connectivity index (χ0n) is 17.1. The van der Waals surface area contributed by atoms with Gasteiger partial charge in [-0.15, -0.1) is 11.8 Å². The van der Waals surface area contributed by atoms with Crippen LogP contribution in [-0.4, -0.2) is 28.5 Å². The molecule has 0 radical (unpaired) electrons. The van der Waals surface area contributed by atoms with Gasteiger partial charge in [-0.2, -0.15) is 0 Å². The molecule has 0 bridgehead atoms. The Hall–Kier alpha value is -2.76. The summed E-state index contributed by atoms with van der Waals surface area (Å²) in [5.41, 5.74) is 3.34. The molecule has 4 rings (SSSR count). The lowest BCUT2D eigenvalue weighted by atomic mass is 10.1. The molecule has 6 heteroatoms. The first-order valence-electron chi connectivity index (χ1n) is 10.1. The summed E-state index contributed by atoms with van der Waals surface area (Å²) >= 11 is 8.03. The van der Waals surface area contributed by atoms with Crippen molar-refractivity contribution in [2.75, 3.05) is 5.75 Å². The van der Waals surface area contributed by atoms with Crippen LogP contribution in [0.15, 0.2) is 78.9 Å². The number of hydrogen-bond donors (Lipinski definition) is 1. The molecule has 1 fully saturated rings. The quantitative estimate of drug-likeness (QED) is 0.579. The molecule has 1 aliphatic rings. The third-order valence-corrected chi connectivity index (χ3v) is 7.04. The van der Waals surface area contributed by atoms with Crippen molar-refractivity contribution in [2.24, 2.45) is 0 Å². The van der Waals surface area contributed by atoms with Crippen LogP contribution in [0.5, 0.6) is 0 Å². The number of benzene rings is 3. The third-order valence-electron chi connectivity index (χ3n) is 5.39. The Morgan fingerprint density at radius 2 is 1.68 bits per heavy atom. The Morgan fingerprint density at radius 1 is 1.00 bits per heavy atom. The molecule has 158 valence electrons. The Labute approximate surface area is 191 Å². The van der Waals surface area contributed by atoms with Crippen molar-refractivity contribution in [3.63, 3.8) is 0 Å². The average Bonchev–Trinajstić information content (AvgIpc) is 3.23. The number of aryl methyl sites for hydroxylation is 1. The standard InChI is InChI=1S/C25H23ClN2O2S/c1-17-9-5-6-12-19(17)24(30)28-22(23(29)27-15-18-10-3-2-4-11-18)16-31-25(28)20-13-7-8-14-21(20)26/h2-14,22,25H,15-16H2,1H3,(H,27,29). The van der Waals surface area contributed by atoms with Crippen LogP contribution in [0, 0.1) is 6.92 Å². The molecule has 0 spiro atoms. The molecule has 31 heavy (non-hydrogen) atoms. The van der Waals surface area contributed by atoms with Gasteiger partial charge in [0.15, 0.2) is 0 Å². The Bertz CT molecular complexity index is 1090. The van der Waals surface area contributed by atoms with Gasteiger partial charge in [-0.1, -0.05) is 78.3 Å². The van der Waals surface area contributed by atoms with E-state index in [2.05, 4.69) is 5.32 Å². The van der Waals surface area contributed by atoms with Crippen LogP contribution in [-0.2, 0) is 11.3 Å². The summed E-state index contributed by atoms with van der Waals surface area (Å²) in [6.45, 7) is 2.33. The van der Waals surface area contributed by atoms with E-state index in [9.17, 15) is 9.59 Å². The van der Waals surface area contributed by atoms with Gasteiger partial charge in [0, 0.05) is 28.4 Å². The number of nitrogens with one attached hydrogen (secondary N) is 1. The summed E-state index contributed by atoms with van der Waals surface area (Å²) in [6, 6.07) is 24.1.